The Morgan fingerprint density at radius 1 is 1.12 bits per heavy atom. The van der Waals surface area contributed by atoms with Gasteiger partial charge in [0.25, 0.3) is 0 Å². The molecule has 0 radical (unpaired) electrons. The molecular weight excluding hydrogens is 316 g/mol. The normalized spacial score (nSPS) is 19.7. The molecular formula is C19H24N4O2. The van der Waals surface area contributed by atoms with E-state index in [0.717, 1.165) is 55.5 Å². The number of hydrogen-bond acceptors (Lipinski definition) is 6. The van der Waals surface area contributed by atoms with Crippen LogP contribution < -0.4 is 19.7 Å². The van der Waals surface area contributed by atoms with Crippen molar-refractivity contribution in [3.05, 3.63) is 42.1 Å². The number of hydrogen-bond donors (Lipinski definition) is 1. The lowest BCUT2D eigenvalue weighted by atomic mass is 10.1. The van der Waals surface area contributed by atoms with Gasteiger partial charge < -0.3 is 19.7 Å². The lowest BCUT2D eigenvalue weighted by Gasteiger charge is -2.25. The Bertz CT molecular complexity index is 695. The number of ether oxygens (including phenoxy) is 2. The van der Waals surface area contributed by atoms with Gasteiger partial charge in [0.2, 0.25) is 0 Å². The molecule has 2 aliphatic heterocycles. The van der Waals surface area contributed by atoms with E-state index in [1.54, 1.807) is 6.20 Å². The summed E-state index contributed by atoms with van der Waals surface area (Å²) in [5.41, 5.74) is 1.16. The second-order valence-electron chi connectivity index (χ2n) is 6.50. The van der Waals surface area contributed by atoms with Crippen LogP contribution in [0.2, 0.25) is 0 Å². The summed E-state index contributed by atoms with van der Waals surface area (Å²) in [6.07, 6.45) is 5.02. The van der Waals surface area contributed by atoms with Crippen LogP contribution in [0.25, 0.3) is 0 Å². The Morgan fingerprint density at radius 3 is 3.00 bits per heavy atom. The molecule has 0 saturated carbocycles. The molecule has 1 fully saturated rings. The molecule has 0 aliphatic carbocycles. The predicted molar refractivity (Wildman–Crippen MR) is 96.2 cm³/mol. The van der Waals surface area contributed by atoms with E-state index in [9.17, 15) is 0 Å². The number of fused-ring (bicyclic) bond motifs is 1. The van der Waals surface area contributed by atoms with Crippen molar-refractivity contribution in [1.82, 2.24) is 15.5 Å². The van der Waals surface area contributed by atoms with E-state index in [4.69, 9.17) is 9.47 Å². The highest BCUT2D eigenvalue weighted by Crippen LogP contribution is 2.33. The van der Waals surface area contributed by atoms with Crippen molar-refractivity contribution in [1.29, 1.82) is 0 Å². The van der Waals surface area contributed by atoms with Crippen molar-refractivity contribution in [2.24, 2.45) is 0 Å². The van der Waals surface area contributed by atoms with Gasteiger partial charge in [0.05, 0.1) is 13.2 Å². The average Bonchev–Trinajstić information content (AvgIpc) is 2.98. The molecule has 1 atom stereocenters. The van der Waals surface area contributed by atoms with E-state index in [-0.39, 0.29) is 0 Å². The molecule has 1 aromatic heterocycles. The average molecular weight is 340 g/mol. The predicted octanol–water partition coefficient (Wildman–Crippen LogP) is 2.40. The Balaban J connectivity index is 1.38. The highest BCUT2D eigenvalue weighted by Gasteiger charge is 2.25. The van der Waals surface area contributed by atoms with Gasteiger partial charge in [-0.15, -0.1) is 5.10 Å². The Morgan fingerprint density at radius 2 is 2.08 bits per heavy atom. The zero-order chi connectivity index (χ0) is 16.9. The molecule has 0 amide bonds. The Hall–Kier alpha value is -2.34. The molecule has 1 saturated heterocycles. The first-order valence-corrected chi connectivity index (χ1v) is 9.04. The zero-order valence-electron chi connectivity index (χ0n) is 14.4. The van der Waals surface area contributed by atoms with Crippen molar-refractivity contribution >= 4 is 5.82 Å². The first-order chi connectivity index (χ1) is 12.4. The topological polar surface area (TPSA) is 59.5 Å². The van der Waals surface area contributed by atoms with Crippen LogP contribution in [0.5, 0.6) is 11.5 Å². The number of nitrogens with one attached hydrogen (secondary N) is 1. The van der Waals surface area contributed by atoms with Crippen molar-refractivity contribution < 1.29 is 9.47 Å². The highest BCUT2D eigenvalue weighted by molar-refractivity contribution is 5.47. The molecule has 0 bridgehead atoms. The summed E-state index contributed by atoms with van der Waals surface area (Å²) in [4.78, 5) is 2.35. The summed E-state index contributed by atoms with van der Waals surface area (Å²) in [5.74, 6) is 2.72. The second-order valence-corrected chi connectivity index (χ2v) is 6.50. The zero-order valence-corrected chi connectivity index (χ0v) is 14.4. The van der Waals surface area contributed by atoms with Crippen LogP contribution in [0.15, 0.2) is 36.5 Å². The Kier molecular flexibility index (Phi) is 4.97. The molecule has 1 aromatic carbocycles. The second kappa shape index (κ2) is 7.70. The van der Waals surface area contributed by atoms with Gasteiger partial charge in [-0.25, -0.2) is 0 Å². The third-order valence-electron chi connectivity index (χ3n) is 4.78. The maximum atomic E-state index is 5.90. The monoisotopic (exact) mass is 340 g/mol. The fourth-order valence-electron chi connectivity index (χ4n) is 3.56. The van der Waals surface area contributed by atoms with Crippen LogP contribution in [-0.4, -0.2) is 42.5 Å². The van der Waals surface area contributed by atoms with Gasteiger partial charge in [0.1, 0.15) is 0 Å². The minimum atomic E-state index is 0.455. The fraction of sp³-hybridized carbons (Fsp3) is 0.474. The van der Waals surface area contributed by atoms with Crippen LogP contribution in [-0.2, 0) is 6.54 Å². The fourth-order valence-corrected chi connectivity index (χ4v) is 3.56. The van der Waals surface area contributed by atoms with Crippen LogP contribution in [0, 0.1) is 0 Å². The third-order valence-corrected chi connectivity index (χ3v) is 4.78. The maximum absolute atomic E-state index is 5.90. The van der Waals surface area contributed by atoms with Crippen LogP contribution in [0.4, 0.5) is 5.82 Å². The summed E-state index contributed by atoms with van der Waals surface area (Å²) in [6.45, 7) is 4.17. The van der Waals surface area contributed by atoms with E-state index in [1.807, 2.05) is 24.3 Å². The Labute approximate surface area is 148 Å². The number of rotatable bonds is 5. The number of nitrogens with zero attached hydrogens (tertiary/aromatic N) is 3. The van der Waals surface area contributed by atoms with Crippen LogP contribution >= 0.6 is 0 Å². The van der Waals surface area contributed by atoms with Crippen molar-refractivity contribution in [2.45, 2.75) is 31.8 Å². The SMILES string of the molecule is c1cnnc(N2CCC[C@@H]2CNCc2cccc3c2OCCCO3)c1. The number of para-hydroxylation sites is 1. The summed E-state index contributed by atoms with van der Waals surface area (Å²) in [6, 6.07) is 10.6. The van der Waals surface area contributed by atoms with Crippen LogP contribution in [0.1, 0.15) is 24.8 Å². The summed E-state index contributed by atoms with van der Waals surface area (Å²) >= 11 is 0. The highest BCUT2D eigenvalue weighted by atomic mass is 16.5. The molecule has 0 unspecified atom stereocenters. The summed E-state index contributed by atoms with van der Waals surface area (Å²) < 4.78 is 11.7. The maximum Gasteiger partial charge on any atom is 0.165 e. The standard InChI is InChI=1S/C19H24N4O2/c1-5-15(19-17(7-1)24-11-4-12-25-19)13-20-14-16-6-3-10-23(16)18-8-2-9-21-22-18/h1-2,5,7-9,16,20H,3-4,6,10-14H2/t16-/m1/s1. The molecule has 25 heavy (non-hydrogen) atoms. The number of benzene rings is 1. The summed E-state index contributed by atoms with van der Waals surface area (Å²) in [5, 5.41) is 11.9. The molecule has 4 rings (SSSR count). The third kappa shape index (κ3) is 3.69. The van der Waals surface area contributed by atoms with E-state index in [0.29, 0.717) is 12.6 Å². The molecule has 1 N–H and O–H groups in total. The molecule has 132 valence electrons. The van der Waals surface area contributed by atoms with Gasteiger partial charge in [0.15, 0.2) is 17.3 Å². The smallest absolute Gasteiger partial charge is 0.165 e. The van der Waals surface area contributed by atoms with Gasteiger partial charge in [0, 0.05) is 43.9 Å². The number of anilines is 1. The van der Waals surface area contributed by atoms with Gasteiger partial charge in [-0.3, -0.25) is 0 Å². The van der Waals surface area contributed by atoms with E-state index >= 15 is 0 Å². The molecule has 2 aromatic rings. The van der Waals surface area contributed by atoms with E-state index in [2.05, 4.69) is 26.5 Å². The summed E-state index contributed by atoms with van der Waals surface area (Å²) in [7, 11) is 0. The molecule has 3 heterocycles. The first kappa shape index (κ1) is 16.1. The molecule has 2 aliphatic rings. The van der Waals surface area contributed by atoms with E-state index < -0.39 is 0 Å². The lowest BCUT2D eigenvalue weighted by Crippen LogP contribution is -2.38. The van der Waals surface area contributed by atoms with Gasteiger partial charge in [-0.2, -0.15) is 5.10 Å². The first-order valence-electron chi connectivity index (χ1n) is 9.04. The van der Waals surface area contributed by atoms with Crippen molar-refractivity contribution in [3.8, 4) is 11.5 Å². The molecule has 0 spiro atoms. The largest absolute Gasteiger partial charge is 0.490 e. The quantitative estimate of drug-likeness (QED) is 0.902. The molecule has 6 heteroatoms. The van der Waals surface area contributed by atoms with Crippen molar-refractivity contribution in [2.75, 3.05) is 31.2 Å². The van der Waals surface area contributed by atoms with Crippen LogP contribution in [0.3, 0.4) is 0 Å². The molecule has 6 nitrogen and oxygen atoms in total. The van der Waals surface area contributed by atoms with Crippen molar-refractivity contribution in [3.63, 3.8) is 0 Å². The van der Waals surface area contributed by atoms with E-state index in [1.165, 1.54) is 12.8 Å². The minimum Gasteiger partial charge on any atom is -0.490 e. The number of aromatic nitrogens is 2. The lowest BCUT2D eigenvalue weighted by molar-refractivity contribution is 0.296. The minimum absolute atomic E-state index is 0.455. The van der Waals surface area contributed by atoms with Gasteiger partial charge >= 0.3 is 0 Å². The van der Waals surface area contributed by atoms with Gasteiger partial charge in [-0.1, -0.05) is 12.1 Å². The van der Waals surface area contributed by atoms with Gasteiger partial charge in [-0.05, 0) is 31.0 Å².